The highest BCUT2D eigenvalue weighted by molar-refractivity contribution is 5.52. The van der Waals surface area contributed by atoms with Gasteiger partial charge in [-0.3, -0.25) is 0 Å². The third-order valence-corrected chi connectivity index (χ3v) is 1.46. The van der Waals surface area contributed by atoms with Crippen molar-refractivity contribution >= 4 is 6.29 Å². The third kappa shape index (κ3) is 3.36. The molecular weight excluding hydrogens is 168 g/mol. The Balaban J connectivity index is 2.63. The maximum Gasteiger partial charge on any atom is 0.227 e. The average Bonchev–Trinajstić information content (AvgIpc) is 2.33. The second kappa shape index (κ2) is 3.68. The predicted octanol–water partition coefficient (Wildman–Crippen LogP) is 1.40. The quantitative estimate of drug-likeness (QED) is 0.663. The van der Waals surface area contributed by atoms with Gasteiger partial charge in [0.1, 0.15) is 6.29 Å². The number of carbonyl (C=O) groups is 1. The minimum atomic E-state index is 0.130. The van der Waals surface area contributed by atoms with Crippen LogP contribution in [0, 0.1) is 5.41 Å². The summed E-state index contributed by atoms with van der Waals surface area (Å²) in [4.78, 5) is 14.2. The van der Waals surface area contributed by atoms with Gasteiger partial charge in [-0.05, 0) is 5.41 Å². The zero-order valence-corrected chi connectivity index (χ0v) is 8.20. The first kappa shape index (κ1) is 9.89. The fraction of sp³-hybridized carbons (Fsp3) is 0.667. The lowest BCUT2D eigenvalue weighted by molar-refractivity contribution is -0.107. The Morgan fingerprint density at radius 3 is 2.69 bits per heavy atom. The molecule has 0 N–H and O–H groups in total. The molecule has 0 atom stereocenters. The number of hydrogen-bond donors (Lipinski definition) is 0. The van der Waals surface area contributed by atoms with E-state index >= 15 is 0 Å². The predicted molar refractivity (Wildman–Crippen MR) is 47.2 cm³/mol. The van der Waals surface area contributed by atoms with E-state index in [1.54, 1.807) is 0 Å². The monoisotopic (exact) mass is 182 g/mol. The van der Waals surface area contributed by atoms with Crippen molar-refractivity contribution in [3.05, 3.63) is 11.7 Å². The van der Waals surface area contributed by atoms with E-state index in [1.807, 2.05) is 0 Å². The van der Waals surface area contributed by atoms with E-state index in [4.69, 9.17) is 4.52 Å². The summed E-state index contributed by atoms with van der Waals surface area (Å²) in [5.74, 6) is 1.07. The molecule has 13 heavy (non-hydrogen) atoms. The van der Waals surface area contributed by atoms with Gasteiger partial charge in [-0.1, -0.05) is 25.9 Å². The molecule has 1 aromatic heterocycles. The number of carbonyl (C=O) groups excluding carboxylic acids is 1. The van der Waals surface area contributed by atoms with Crippen LogP contribution in [-0.2, 0) is 17.6 Å². The van der Waals surface area contributed by atoms with Crippen molar-refractivity contribution in [1.82, 2.24) is 10.1 Å². The van der Waals surface area contributed by atoms with Crippen LogP contribution < -0.4 is 0 Å². The van der Waals surface area contributed by atoms with E-state index in [-0.39, 0.29) is 11.8 Å². The van der Waals surface area contributed by atoms with E-state index in [2.05, 4.69) is 30.9 Å². The van der Waals surface area contributed by atoms with Gasteiger partial charge in [0, 0.05) is 6.42 Å². The number of rotatable bonds is 3. The van der Waals surface area contributed by atoms with Crippen molar-refractivity contribution in [2.75, 3.05) is 0 Å². The van der Waals surface area contributed by atoms with Crippen LogP contribution >= 0.6 is 0 Å². The molecule has 1 rings (SSSR count). The molecule has 0 aliphatic heterocycles. The zero-order valence-electron chi connectivity index (χ0n) is 8.20. The van der Waals surface area contributed by atoms with Crippen molar-refractivity contribution in [1.29, 1.82) is 0 Å². The first-order valence-electron chi connectivity index (χ1n) is 4.26. The van der Waals surface area contributed by atoms with E-state index < -0.39 is 0 Å². The molecule has 0 aliphatic rings. The molecule has 0 aromatic carbocycles. The van der Waals surface area contributed by atoms with Crippen LogP contribution in [0.2, 0.25) is 0 Å². The summed E-state index contributed by atoms with van der Waals surface area (Å²) in [6.45, 7) is 6.28. The second-order valence-electron chi connectivity index (χ2n) is 4.21. The minimum Gasteiger partial charge on any atom is -0.339 e. The summed E-state index contributed by atoms with van der Waals surface area (Å²) >= 11 is 0. The van der Waals surface area contributed by atoms with Crippen molar-refractivity contribution in [3.63, 3.8) is 0 Å². The maximum absolute atomic E-state index is 10.1. The molecule has 4 heteroatoms. The fourth-order valence-corrected chi connectivity index (χ4v) is 0.973. The summed E-state index contributed by atoms with van der Waals surface area (Å²) in [5.41, 5.74) is 0.130. The lowest BCUT2D eigenvalue weighted by atomic mass is 9.92. The van der Waals surface area contributed by atoms with Crippen LogP contribution in [0.1, 0.15) is 32.5 Å². The molecule has 4 nitrogen and oxygen atoms in total. The Morgan fingerprint density at radius 2 is 2.15 bits per heavy atom. The van der Waals surface area contributed by atoms with Crippen molar-refractivity contribution in [2.45, 2.75) is 33.6 Å². The highest BCUT2D eigenvalue weighted by atomic mass is 16.5. The summed E-state index contributed by atoms with van der Waals surface area (Å²) in [7, 11) is 0. The lowest BCUT2D eigenvalue weighted by Crippen LogP contribution is -2.09. The zero-order chi connectivity index (χ0) is 9.90. The molecule has 1 heterocycles. The average molecular weight is 182 g/mol. The number of aromatic nitrogens is 2. The smallest absolute Gasteiger partial charge is 0.227 e. The van der Waals surface area contributed by atoms with Crippen LogP contribution in [0.3, 0.4) is 0 Å². The van der Waals surface area contributed by atoms with Crippen LogP contribution in [-0.4, -0.2) is 16.4 Å². The van der Waals surface area contributed by atoms with Gasteiger partial charge < -0.3 is 9.32 Å². The van der Waals surface area contributed by atoms with Gasteiger partial charge in [0.25, 0.3) is 0 Å². The summed E-state index contributed by atoms with van der Waals surface area (Å²) < 4.78 is 4.97. The van der Waals surface area contributed by atoms with Crippen molar-refractivity contribution in [2.24, 2.45) is 5.41 Å². The largest absolute Gasteiger partial charge is 0.339 e. The summed E-state index contributed by atoms with van der Waals surface area (Å²) in [6, 6.07) is 0. The Hall–Kier alpha value is -1.19. The molecule has 0 saturated heterocycles. The van der Waals surface area contributed by atoms with Gasteiger partial charge in [-0.15, -0.1) is 0 Å². The van der Waals surface area contributed by atoms with Gasteiger partial charge in [0.15, 0.2) is 5.82 Å². The SMILES string of the molecule is CC(C)(C)Cc1nc(CC=O)no1. The number of hydrogen-bond acceptors (Lipinski definition) is 4. The van der Waals surface area contributed by atoms with Crippen LogP contribution in [0.25, 0.3) is 0 Å². The van der Waals surface area contributed by atoms with E-state index in [9.17, 15) is 4.79 Å². The Kier molecular flexibility index (Phi) is 2.80. The molecule has 1 aromatic rings. The Bertz CT molecular complexity index is 286. The molecule has 0 aliphatic carbocycles. The molecule has 0 radical (unpaired) electrons. The third-order valence-electron chi connectivity index (χ3n) is 1.46. The molecule has 0 bridgehead atoms. The molecule has 0 amide bonds. The highest BCUT2D eigenvalue weighted by Gasteiger charge is 2.16. The minimum absolute atomic E-state index is 0.130. The lowest BCUT2D eigenvalue weighted by Gasteiger charge is -2.13. The van der Waals surface area contributed by atoms with E-state index in [0.717, 1.165) is 12.7 Å². The number of nitrogens with zero attached hydrogens (tertiary/aromatic N) is 2. The van der Waals surface area contributed by atoms with E-state index in [0.29, 0.717) is 11.7 Å². The molecular formula is C9H14N2O2. The van der Waals surface area contributed by atoms with Crippen molar-refractivity contribution < 1.29 is 9.32 Å². The Morgan fingerprint density at radius 1 is 1.46 bits per heavy atom. The molecule has 0 spiro atoms. The molecule has 0 fully saturated rings. The first-order valence-corrected chi connectivity index (χ1v) is 4.26. The van der Waals surface area contributed by atoms with Gasteiger partial charge in [0.05, 0.1) is 6.42 Å². The molecule has 72 valence electrons. The van der Waals surface area contributed by atoms with Gasteiger partial charge in [-0.25, -0.2) is 0 Å². The first-order chi connectivity index (χ1) is 6.01. The number of aldehydes is 1. The second-order valence-corrected chi connectivity index (χ2v) is 4.21. The van der Waals surface area contributed by atoms with Gasteiger partial charge in [-0.2, -0.15) is 4.98 Å². The van der Waals surface area contributed by atoms with Crippen molar-refractivity contribution in [3.8, 4) is 0 Å². The van der Waals surface area contributed by atoms with Gasteiger partial charge in [0.2, 0.25) is 5.89 Å². The van der Waals surface area contributed by atoms with E-state index in [1.165, 1.54) is 0 Å². The summed E-state index contributed by atoms with van der Waals surface area (Å²) in [5, 5.41) is 3.67. The Labute approximate surface area is 77.3 Å². The van der Waals surface area contributed by atoms with Gasteiger partial charge >= 0.3 is 0 Å². The highest BCUT2D eigenvalue weighted by Crippen LogP contribution is 2.18. The maximum atomic E-state index is 10.1. The molecule has 0 unspecified atom stereocenters. The van der Waals surface area contributed by atoms with Crippen LogP contribution in [0.4, 0.5) is 0 Å². The van der Waals surface area contributed by atoms with Crippen LogP contribution in [0.15, 0.2) is 4.52 Å². The summed E-state index contributed by atoms with van der Waals surface area (Å²) in [6.07, 6.45) is 1.73. The topological polar surface area (TPSA) is 56.0 Å². The normalized spacial score (nSPS) is 11.6. The molecule has 0 saturated carbocycles. The van der Waals surface area contributed by atoms with Crippen LogP contribution in [0.5, 0.6) is 0 Å². The fourth-order valence-electron chi connectivity index (χ4n) is 0.973. The standard InChI is InChI=1S/C9H14N2O2/c1-9(2,3)6-8-10-7(4-5-12)11-13-8/h5H,4,6H2,1-3H3.